The molecule has 0 aliphatic carbocycles. The molecule has 0 unspecified atom stereocenters. The highest BCUT2D eigenvalue weighted by atomic mass is 32.1. The monoisotopic (exact) mass is 248 g/mol. The highest BCUT2D eigenvalue weighted by molar-refractivity contribution is 7.13. The van der Waals surface area contributed by atoms with Crippen LogP contribution in [-0.2, 0) is 0 Å². The maximum absolute atomic E-state index is 9.77. The summed E-state index contributed by atoms with van der Waals surface area (Å²) in [5.41, 5.74) is 1.35. The van der Waals surface area contributed by atoms with Crippen LogP contribution < -0.4 is 4.90 Å². The number of nitrogens with zero attached hydrogens (tertiary/aromatic N) is 4. The molecule has 0 bridgehead atoms. The number of aromatic nitrogens is 1. The fourth-order valence-corrected chi connectivity index (χ4v) is 1.69. The molecule has 5 nitrogen and oxygen atoms in total. The Kier molecular flexibility index (Phi) is 3.34. The first-order chi connectivity index (χ1) is 8.16. The molecule has 1 aromatic heterocycles. The predicted molar refractivity (Wildman–Crippen MR) is 68.7 cm³/mol. The molecule has 0 radical (unpaired) electrons. The quantitative estimate of drug-likeness (QED) is 0.847. The summed E-state index contributed by atoms with van der Waals surface area (Å²) in [6.07, 6.45) is 1.66. The number of anilines is 1. The minimum atomic E-state index is 0.108. The van der Waals surface area contributed by atoms with E-state index >= 15 is 0 Å². The molecule has 0 spiro atoms. The van der Waals surface area contributed by atoms with Gasteiger partial charge in [-0.2, -0.15) is 0 Å². The molecule has 0 atom stereocenters. The Morgan fingerprint density at radius 2 is 2.12 bits per heavy atom. The fraction of sp³-hybridized carbons (Fsp3) is 0.182. The van der Waals surface area contributed by atoms with Crippen molar-refractivity contribution >= 4 is 27.8 Å². The zero-order valence-corrected chi connectivity index (χ0v) is 10.3. The largest absolute Gasteiger partial charge is 0.506 e. The van der Waals surface area contributed by atoms with Crippen LogP contribution >= 0.6 is 11.3 Å². The third-order valence-electron chi connectivity index (χ3n) is 2.14. The molecule has 0 saturated heterocycles. The molecular formula is C11H12N4OS. The Balaban J connectivity index is 2.22. The van der Waals surface area contributed by atoms with Gasteiger partial charge in [0.15, 0.2) is 0 Å². The first-order valence-electron chi connectivity index (χ1n) is 4.98. The van der Waals surface area contributed by atoms with Crippen molar-refractivity contribution in [2.75, 3.05) is 19.0 Å². The van der Waals surface area contributed by atoms with Gasteiger partial charge in [-0.3, -0.25) is 0 Å². The van der Waals surface area contributed by atoms with Gasteiger partial charge in [0.25, 0.3) is 0 Å². The highest BCUT2D eigenvalue weighted by Crippen LogP contribution is 2.31. The maximum atomic E-state index is 9.77. The average molecular weight is 248 g/mol. The number of aromatic hydroxyl groups is 1. The SMILES string of the molecule is CN(C)c1ccc(/N=N/c2nccs2)c(O)c1. The van der Waals surface area contributed by atoms with Crippen molar-refractivity contribution < 1.29 is 5.11 Å². The minimum Gasteiger partial charge on any atom is -0.506 e. The normalized spacial score (nSPS) is 10.9. The molecule has 2 rings (SSSR count). The Morgan fingerprint density at radius 1 is 1.29 bits per heavy atom. The number of rotatable bonds is 3. The average Bonchev–Trinajstić information content (AvgIpc) is 2.80. The van der Waals surface area contributed by atoms with Gasteiger partial charge in [0.2, 0.25) is 5.13 Å². The van der Waals surface area contributed by atoms with E-state index in [0.717, 1.165) is 5.69 Å². The fourth-order valence-electron chi connectivity index (χ4n) is 1.24. The topological polar surface area (TPSA) is 61.1 Å². The Labute approximate surface area is 103 Å². The van der Waals surface area contributed by atoms with E-state index in [9.17, 15) is 5.11 Å². The summed E-state index contributed by atoms with van der Waals surface area (Å²) in [4.78, 5) is 5.88. The van der Waals surface area contributed by atoms with E-state index in [2.05, 4.69) is 15.2 Å². The van der Waals surface area contributed by atoms with Gasteiger partial charge in [-0.15, -0.1) is 21.6 Å². The van der Waals surface area contributed by atoms with Crippen molar-refractivity contribution in [2.45, 2.75) is 0 Å². The molecule has 6 heteroatoms. The summed E-state index contributed by atoms with van der Waals surface area (Å²) in [5.74, 6) is 0.108. The lowest BCUT2D eigenvalue weighted by atomic mass is 10.2. The minimum absolute atomic E-state index is 0.108. The Morgan fingerprint density at radius 3 is 2.71 bits per heavy atom. The highest BCUT2D eigenvalue weighted by Gasteiger charge is 2.03. The molecule has 1 aromatic carbocycles. The van der Waals surface area contributed by atoms with E-state index < -0.39 is 0 Å². The van der Waals surface area contributed by atoms with Crippen LogP contribution in [0.2, 0.25) is 0 Å². The van der Waals surface area contributed by atoms with Gasteiger partial charge in [-0.25, -0.2) is 4.98 Å². The van der Waals surface area contributed by atoms with E-state index in [4.69, 9.17) is 0 Å². The van der Waals surface area contributed by atoms with Gasteiger partial charge in [0, 0.05) is 37.4 Å². The summed E-state index contributed by atoms with van der Waals surface area (Å²) in [7, 11) is 3.82. The van der Waals surface area contributed by atoms with Crippen molar-refractivity contribution in [3.63, 3.8) is 0 Å². The number of benzene rings is 1. The standard InChI is InChI=1S/C11H12N4OS/c1-15(2)8-3-4-9(10(16)7-8)13-14-11-12-5-6-17-11/h3-7,16H,1-2H3/b14-13+. The molecule has 0 fully saturated rings. The van der Waals surface area contributed by atoms with Crippen LogP contribution in [0.15, 0.2) is 40.0 Å². The van der Waals surface area contributed by atoms with E-state index in [1.54, 1.807) is 18.3 Å². The van der Waals surface area contributed by atoms with Crippen molar-refractivity contribution in [1.29, 1.82) is 0 Å². The third-order valence-corrected chi connectivity index (χ3v) is 2.79. The second kappa shape index (κ2) is 4.92. The van der Waals surface area contributed by atoms with Gasteiger partial charge < -0.3 is 10.0 Å². The first-order valence-corrected chi connectivity index (χ1v) is 5.86. The van der Waals surface area contributed by atoms with E-state index in [0.29, 0.717) is 10.8 Å². The van der Waals surface area contributed by atoms with Crippen LogP contribution in [-0.4, -0.2) is 24.2 Å². The zero-order chi connectivity index (χ0) is 12.3. The van der Waals surface area contributed by atoms with Gasteiger partial charge in [0.1, 0.15) is 11.4 Å². The molecule has 17 heavy (non-hydrogen) atoms. The van der Waals surface area contributed by atoms with Gasteiger partial charge >= 0.3 is 0 Å². The molecule has 0 aliphatic heterocycles. The molecule has 1 heterocycles. The second-order valence-electron chi connectivity index (χ2n) is 3.58. The van der Waals surface area contributed by atoms with Crippen molar-refractivity contribution in [3.05, 3.63) is 29.8 Å². The molecule has 1 N–H and O–H groups in total. The summed E-state index contributed by atoms with van der Waals surface area (Å²) >= 11 is 1.39. The summed E-state index contributed by atoms with van der Waals surface area (Å²) < 4.78 is 0. The van der Waals surface area contributed by atoms with Gasteiger partial charge in [-0.1, -0.05) is 0 Å². The second-order valence-corrected chi connectivity index (χ2v) is 4.46. The van der Waals surface area contributed by atoms with Crippen molar-refractivity contribution in [2.24, 2.45) is 10.2 Å². The molecule has 0 saturated carbocycles. The molecule has 88 valence electrons. The molecular weight excluding hydrogens is 236 g/mol. The summed E-state index contributed by atoms with van der Waals surface area (Å²) in [5, 5.41) is 20.0. The van der Waals surface area contributed by atoms with Crippen molar-refractivity contribution in [1.82, 2.24) is 4.98 Å². The lowest BCUT2D eigenvalue weighted by Crippen LogP contribution is -2.07. The number of phenolic OH excluding ortho intramolecular Hbond substituents is 1. The van der Waals surface area contributed by atoms with E-state index in [1.165, 1.54) is 11.3 Å². The van der Waals surface area contributed by atoms with Crippen LogP contribution in [0.5, 0.6) is 5.75 Å². The van der Waals surface area contributed by atoms with Crippen LogP contribution in [0, 0.1) is 0 Å². The number of phenols is 1. The maximum Gasteiger partial charge on any atom is 0.229 e. The van der Waals surface area contributed by atoms with Crippen LogP contribution in [0.1, 0.15) is 0 Å². The molecule has 0 aliphatic rings. The first kappa shape index (κ1) is 11.5. The third kappa shape index (κ3) is 2.79. The predicted octanol–water partition coefficient (Wildman–Crippen LogP) is 3.33. The smallest absolute Gasteiger partial charge is 0.229 e. The molecule has 0 amide bonds. The van der Waals surface area contributed by atoms with Crippen LogP contribution in [0.4, 0.5) is 16.5 Å². The summed E-state index contributed by atoms with van der Waals surface area (Å²) in [6.45, 7) is 0. The Bertz CT molecular complexity index is 522. The number of hydrogen-bond acceptors (Lipinski definition) is 6. The van der Waals surface area contributed by atoms with Crippen molar-refractivity contribution in [3.8, 4) is 5.75 Å². The lowest BCUT2D eigenvalue weighted by Gasteiger charge is -2.12. The lowest BCUT2D eigenvalue weighted by molar-refractivity contribution is 0.476. The number of azo groups is 1. The molecule has 2 aromatic rings. The van der Waals surface area contributed by atoms with Gasteiger partial charge in [-0.05, 0) is 12.1 Å². The number of hydrogen-bond donors (Lipinski definition) is 1. The Hall–Kier alpha value is -1.95. The number of thiazole rings is 1. The van der Waals surface area contributed by atoms with E-state index in [-0.39, 0.29) is 5.75 Å². The summed E-state index contributed by atoms with van der Waals surface area (Å²) in [6, 6.07) is 5.24. The zero-order valence-electron chi connectivity index (χ0n) is 9.53. The van der Waals surface area contributed by atoms with Crippen LogP contribution in [0.3, 0.4) is 0 Å². The van der Waals surface area contributed by atoms with Gasteiger partial charge in [0.05, 0.1) is 0 Å². The van der Waals surface area contributed by atoms with E-state index in [1.807, 2.05) is 30.4 Å². The van der Waals surface area contributed by atoms with Crippen LogP contribution in [0.25, 0.3) is 0 Å².